The van der Waals surface area contributed by atoms with Gasteiger partial charge in [0.15, 0.2) is 6.04 Å². The molecule has 2 saturated heterocycles. The van der Waals surface area contributed by atoms with Gasteiger partial charge in [-0.05, 0) is 49.6 Å². The number of nitrogens with zero attached hydrogens (tertiary/aromatic N) is 2. The highest BCUT2D eigenvalue weighted by Crippen LogP contribution is 2.62. The Bertz CT molecular complexity index is 1270. The van der Waals surface area contributed by atoms with E-state index in [0.29, 0.717) is 16.9 Å². The van der Waals surface area contributed by atoms with Crippen molar-refractivity contribution in [2.75, 3.05) is 7.11 Å². The SMILES string of the molecule is COc1ccc([C@H]2[C@H](C(=O)OC(C)(C)C)N3N=Cc4ccccc4[C@@H]3C23C(=O)OC(C)(C)OC3=O)cc1. The van der Waals surface area contributed by atoms with E-state index in [4.69, 9.17) is 18.9 Å². The predicted octanol–water partition coefficient (Wildman–Crippen LogP) is 3.72. The van der Waals surface area contributed by atoms with Crippen LogP contribution in [-0.4, -0.2) is 53.7 Å². The molecular formula is C28H30N2O7. The summed E-state index contributed by atoms with van der Waals surface area (Å²) in [6.07, 6.45) is 1.62. The van der Waals surface area contributed by atoms with Crippen molar-refractivity contribution in [2.45, 2.75) is 64.0 Å². The summed E-state index contributed by atoms with van der Waals surface area (Å²) in [6.45, 7) is 8.29. The molecule has 37 heavy (non-hydrogen) atoms. The lowest BCUT2D eigenvalue weighted by molar-refractivity contribution is -0.254. The normalized spacial score (nSPS) is 25.1. The summed E-state index contributed by atoms with van der Waals surface area (Å²) < 4.78 is 22.6. The van der Waals surface area contributed by atoms with E-state index >= 15 is 0 Å². The maximum atomic E-state index is 14.1. The molecular weight excluding hydrogens is 476 g/mol. The Kier molecular flexibility index (Phi) is 5.58. The van der Waals surface area contributed by atoms with Crippen LogP contribution in [-0.2, 0) is 28.6 Å². The van der Waals surface area contributed by atoms with Crippen molar-refractivity contribution in [1.29, 1.82) is 0 Å². The number of hydrogen-bond acceptors (Lipinski definition) is 9. The minimum atomic E-state index is -1.93. The third-order valence-electron chi connectivity index (χ3n) is 6.88. The Hall–Kier alpha value is -3.88. The fourth-order valence-corrected chi connectivity index (χ4v) is 5.53. The molecule has 0 aromatic heterocycles. The summed E-state index contributed by atoms with van der Waals surface area (Å²) in [5.41, 5.74) is -0.811. The van der Waals surface area contributed by atoms with E-state index < -0.39 is 52.7 Å². The number of carbonyl (C=O) groups excluding carboxylic acids is 3. The van der Waals surface area contributed by atoms with E-state index in [1.165, 1.54) is 18.9 Å². The molecule has 3 atom stereocenters. The largest absolute Gasteiger partial charge is 0.497 e. The van der Waals surface area contributed by atoms with Crippen LogP contribution in [0.1, 0.15) is 63.3 Å². The minimum Gasteiger partial charge on any atom is -0.497 e. The summed E-state index contributed by atoms with van der Waals surface area (Å²) in [6, 6.07) is 12.1. The zero-order chi connectivity index (χ0) is 26.8. The molecule has 3 heterocycles. The second-order valence-electron chi connectivity index (χ2n) is 10.9. The first-order valence-electron chi connectivity index (χ1n) is 12.1. The first-order valence-corrected chi connectivity index (χ1v) is 12.1. The molecule has 3 aliphatic heterocycles. The third-order valence-corrected chi connectivity index (χ3v) is 6.88. The maximum Gasteiger partial charge on any atom is 0.331 e. The lowest BCUT2D eigenvalue weighted by atomic mass is 9.65. The number of hydrazone groups is 1. The monoisotopic (exact) mass is 506 g/mol. The maximum absolute atomic E-state index is 14.1. The topological polar surface area (TPSA) is 104 Å². The lowest BCUT2D eigenvalue weighted by Crippen LogP contribution is -2.58. The fraction of sp³-hybridized carbons (Fsp3) is 0.429. The van der Waals surface area contributed by atoms with Crippen molar-refractivity contribution >= 4 is 24.1 Å². The second kappa shape index (κ2) is 8.33. The fourth-order valence-electron chi connectivity index (χ4n) is 5.53. The molecule has 5 rings (SSSR count). The third kappa shape index (κ3) is 3.84. The number of ether oxygens (including phenoxy) is 4. The standard InChI is InChI=1S/C28H30N2O7/c1-26(2,3)35-23(31)21-20(16-11-13-18(34-6)14-12-16)28(24(32)36-27(4,5)37-25(28)33)22-19-10-8-7-9-17(19)15-29-30(21)22/h7-15,20-22H,1-6H3/t20-,21+,22+/m0/s1. The van der Waals surface area contributed by atoms with Crippen LogP contribution in [0.5, 0.6) is 5.75 Å². The van der Waals surface area contributed by atoms with E-state index in [2.05, 4.69) is 5.10 Å². The predicted molar refractivity (Wildman–Crippen MR) is 133 cm³/mol. The first-order chi connectivity index (χ1) is 17.4. The van der Waals surface area contributed by atoms with Crippen LogP contribution < -0.4 is 4.74 Å². The Balaban J connectivity index is 1.80. The highest BCUT2D eigenvalue weighted by molar-refractivity contribution is 6.06. The minimum absolute atomic E-state index is 0.548. The van der Waals surface area contributed by atoms with Crippen LogP contribution in [0.25, 0.3) is 0 Å². The highest BCUT2D eigenvalue weighted by Gasteiger charge is 2.75. The van der Waals surface area contributed by atoms with E-state index in [0.717, 1.165) is 5.56 Å². The van der Waals surface area contributed by atoms with E-state index in [1.54, 1.807) is 58.4 Å². The molecule has 0 saturated carbocycles. The number of fused-ring (bicyclic) bond motifs is 4. The number of cyclic esters (lactones) is 2. The van der Waals surface area contributed by atoms with Gasteiger partial charge in [-0.3, -0.25) is 14.6 Å². The Morgan fingerprint density at radius 1 is 1.00 bits per heavy atom. The second-order valence-corrected chi connectivity index (χ2v) is 10.9. The molecule has 2 fully saturated rings. The lowest BCUT2D eigenvalue weighted by Gasteiger charge is -2.44. The van der Waals surface area contributed by atoms with Gasteiger partial charge in [-0.1, -0.05) is 36.4 Å². The van der Waals surface area contributed by atoms with Crippen molar-refractivity contribution in [3.8, 4) is 5.75 Å². The van der Waals surface area contributed by atoms with Crippen molar-refractivity contribution < 1.29 is 33.3 Å². The molecule has 0 N–H and O–H groups in total. The van der Waals surface area contributed by atoms with Gasteiger partial charge in [-0.25, -0.2) is 4.79 Å². The van der Waals surface area contributed by atoms with Crippen LogP contribution in [0.2, 0.25) is 0 Å². The van der Waals surface area contributed by atoms with E-state index in [-0.39, 0.29) is 0 Å². The van der Waals surface area contributed by atoms with E-state index in [1.807, 2.05) is 24.3 Å². The molecule has 0 amide bonds. The zero-order valence-corrected chi connectivity index (χ0v) is 21.7. The molecule has 194 valence electrons. The smallest absolute Gasteiger partial charge is 0.331 e. The molecule has 3 aliphatic rings. The molecule has 0 radical (unpaired) electrons. The van der Waals surface area contributed by atoms with Crippen molar-refractivity contribution in [3.05, 3.63) is 65.2 Å². The Morgan fingerprint density at radius 3 is 2.22 bits per heavy atom. The van der Waals surface area contributed by atoms with Crippen molar-refractivity contribution in [2.24, 2.45) is 10.5 Å². The number of methoxy groups -OCH3 is 1. The Morgan fingerprint density at radius 2 is 1.62 bits per heavy atom. The van der Waals surface area contributed by atoms with Crippen molar-refractivity contribution in [1.82, 2.24) is 5.01 Å². The molecule has 0 unspecified atom stereocenters. The summed E-state index contributed by atoms with van der Waals surface area (Å²) >= 11 is 0. The molecule has 2 aromatic rings. The summed E-state index contributed by atoms with van der Waals surface area (Å²) in [7, 11) is 1.54. The van der Waals surface area contributed by atoms with Gasteiger partial charge in [0, 0.05) is 19.8 Å². The van der Waals surface area contributed by atoms with Gasteiger partial charge >= 0.3 is 17.9 Å². The molecule has 1 spiro atoms. The summed E-state index contributed by atoms with van der Waals surface area (Å²) in [4.78, 5) is 42.0. The molecule has 9 heteroatoms. The van der Waals surface area contributed by atoms with E-state index in [9.17, 15) is 14.4 Å². The molecule has 0 aliphatic carbocycles. The van der Waals surface area contributed by atoms with Crippen molar-refractivity contribution in [3.63, 3.8) is 0 Å². The summed E-state index contributed by atoms with van der Waals surface area (Å²) in [5, 5.41) is 6.10. The Labute approximate surface area is 215 Å². The average molecular weight is 507 g/mol. The zero-order valence-electron chi connectivity index (χ0n) is 21.7. The van der Waals surface area contributed by atoms with Gasteiger partial charge in [0.25, 0.3) is 5.79 Å². The number of esters is 3. The number of hydrogen-bond donors (Lipinski definition) is 0. The average Bonchev–Trinajstić information content (AvgIpc) is 3.14. The quantitative estimate of drug-likeness (QED) is 0.458. The molecule has 0 bridgehead atoms. The highest BCUT2D eigenvalue weighted by atomic mass is 16.7. The number of benzene rings is 2. The van der Waals surface area contributed by atoms with Crippen LogP contribution in [0.3, 0.4) is 0 Å². The van der Waals surface area contributed by atoms with Gasteiger partial charge in [0.2, 0.25) is 5.41 Å². The van der Waals surface area contributed by atoms with Gasteiger partial charge < -0.3 is 18.9 Å². The first kappa shape index (κ1) is 24.8. The van der Waals surface area contributed by atoms with Crippen LogP contribution >= 0.6 is 0 Å². The van der Waals surface area contributed by atoms with Gasteiger partial charge in [-0.15, -0.1) is 0 Å². The molecule has 2 aromatic carbocycles. The summed E-state index contributed by atoms with van der Waals surface area (Å²) in [5.74, 6) is -4.07. The van der Waals surface area contributed by atoms with Gasteiger partial charge in [0.1, 0.15) is 17.4 Å². The van der Waals surface area contributed by atoms with Crippen LogP contribution in [0, 0.1) is 5.41 Å². The number of carbonyl (C=O) groups is 3. The van der Waals surface area contributed by atoms with Crippen LogP contribution in [0.4, 0.5) is 0 Å². The van der Waals surface area contributed by atoms with Gasteiger partial charge in [0.05, 0.1) is 13.3 Å². The molecule has 9 nitrogen and oxygen atoms in total. The van der Waals surface area contributed by atoms with Gasteiger partial charge in [-0.2, -0.15) is 5.10 Å². The number of rotatable bonds is 3. The van der Waals surface area contributed by atoms with Crippen LogP contribution in [0.15, 0.2) is 53.6 Å².